The van der Waals surface area contributed by atoms with E-state index in [-0.39, 0.29) is 11.7 Å². The fourth-order valence-electron chi connectivity index (χ4n) is 1.74. The maximum absolute atomic E-state index is 12.8. The molecule has 1 N–H and O–H groups in total. The average molecular weight is 325 g/mol. The first kappa shape index (κ1) is 15.2. The molecule has 0 bridgehead atoms. The van der Waals surface area contributed by atoms with Crippen LogP contribution in [-0.2, 0) is 19.3 Å². The number of hydrogen-bond acceptors (Lipinski definition) is 2. The molecule has 0 radical (unpaired) electrons. The van der Waals surface area contributed by atoms with E-state index in [1.807, 2.05) is 0 Å². The normalized spacial score (nSPS) is 11.9. The zero-order valence-corrected chi connectivity index (χ0v) is 11.5. The Morgan fingerprint density at radius 1 is 1.20 bits per heavy atom. The third-order valence-electron chi connectivity index (χ3n) is 2.69. The number of aliphatic hydroxyl groups is 1. The Hall–Kier alpha value is -1.24. The molecule has 0 saturated carbocycles. The number of aromatic nitrogens is 2. The van der Waals surface area contributed by atoms with Crippen LogP contribution < -0.4 is 0 Å². The molecule has 1 aromatic heterocycles. The van der Waals surface area contributed by atoms with Crippen molar-refractivity contribution in [3.05, 3.63) is 51.3 Å². The van der Waals surface area contributed by atoms with Crippen LogP contribution in [0.25, 0.3) is 0 Å². The molecule has 0 saturated heterocycles. The molecular weight excluding hydrogens is 316 g/mol. The molecule has 0 unspecified atom stereocenters. The lowest BCUT2D eigenvalue weighted by Crippen LogP contribution is -2.10. The van der Waals surface area contributed by atoms with Gasteiger partial charge in [0.25, 0.3) is 0 Å². The number of alkyl halides is 3. The molecule has 0 aliphatic rings. The molecule has 2 rings (SSSR count). The summed E-state index contributed by atoms with van der Waals surface area (Å²) in [4.78, 5) is 0. The van der Waals surface area contributed by atoms with Crippen molar-refractivity contribution in [2.75, 3.05) is 0 Å². The standard InChI is InChI=1S/C12H9Cl2F3N2O/c13-9-4-2-1-3-7(9)5-19-11(14)8(6-20)10(18-19)12(15,16)17/h1-4,20H,5-6H2. The average Bonchev–Trinajstić information content (AvgIpc) is 2.69. The summed E-state index contributed by atoms with van der Waals surface area (Å²) in [6.45, 7) is -0.849. The van der Waals surface area contributed by atoms with Crippen molar-refractivity contribution in [3.63, 3.8) is 0 Å². The van der Waals surface area contributed by atoms with Gasteiger partial charge < -0.3 is 5.11 Å². The van der Waals surface area contributed by atoms with Gasteiger partial charge in [-0.3, -0.25) is 0 Å². The highest BCUT2D eigenvalue weighted by atomic mass is 35.5. The number of halogens is 5. The largest absolute Gasteiger partial charge is 0.435 e. The molecule has 2 aromatic rings. The summed E-state index contributed by atoms with van der Waals surface area (Å²) < 4.78 is 39.3. The van der Waals surface area contributed by atoms with E-state index in [4.69, 9.17) is 28.3 Å². The Labute approximate surface area is 122 Å². The second-order valence-corrected chi connectivity index (χ2v) is 4.79. The number of hydrogen-bond donors (Lipinski definition) is 1. The Kier molecular flexibility index (Phi) is 4.27. The first-order valence-electron chi connectivity index (χ1n) is 5.51. The molecule has 0 aliphatic carbocycles. The van der Waals surface area contributed by atoms with E-state index in [0.717, 1.165) is 4.68 Å². The fraction of sp³-hybridized carbons (Fsp3) is 0.250. The van der Waals surface area contributed by atoms with Crippen molar-refractivity contribution in [2.45, 2.75) is 19.3 Å². The quantitative estimate of drug-likeness (QED) is 0.933. The van der Waals surface area contributed by atoms with E-state index >= 15 is 0 Å². The maximum atomic E-state index is 12.8. The van der Waals surface area contributed by atoms with Crippen molar-refractivity contribution in [1.82, 2.24) is 9.78 Å². The Morgan fingerprint density at radius 2 is 1.85 bits per heavy atom. The van der Waals surface area contributed by atoms with Crippen LogP contribution in [0.1, 0.15) is 16.8 Å². The number of nitrogens with zero attached hydrogens (tertiary/aromatic N) is 2. The zero-order chi connectivity index (χ0) is 14.9. The van der Waals surface area contributed by atoms with Gasteiger partial charge in [0.1, 0.15) is 5.15 Å². The van der Waals surface area contributed by atoms with E-state index in [1.165, 1.54) is 0 Å². The minimum absolute atomic E-state index is 0.0123. The SMILES string of the molecule is OCc1c(C(F)(F)F)nn(Cc2ccccc2Cl)c1Cl. The molecule has 0 fully saturated rings. The van der Waals surface area contributed by atoms with Gasteiger partial charge in [0.05, 0.1) is 13.2 Å². The summed E-state index contributed by atoms with van der Waals surface area (Å²) in [6, 6.07) is 6.69. The summed E-state index contributed by atoms with van der Waals surface area (Å²) in [7, 11) is 0. The van der Waals surface area contributed by atoms with Gasteiger partial charge >= 0.3 is 6.18 Å². The van der Waals surface area contributed by atoms with Crippen molar-refractivity contribution >= 4 is 23.2 Å². The summed E-state index contributed by atoms with van der Waals surface area (Å²) >= 11 is 11.8. The Bertz CT molecular complexity index is 626. The first-order valence-corrected chi connectivity index (χ1v) is 6.26. The highest BCUT2D eigenvalue weighted by Gasteiger charge is 2.38. The lowest BCUT2D eigenvalue weighted by molar-refractivity contribution is -0.142. The van der Waals surface area contributed by atoms with Gasteiger partial charge in [0, 0.05) is 10.6 Å². The van der Waals surface area contributed by atoms with Crippen LogP contribution in [0.15, 0.2) is 24.3 Å². The van der Waals surface area contributed by atoms with Crippen LogP contribution in [0, 0.1) is 0 Å². The summed E-state index contributed by atoms with van der Waals surface area (Å²) in [5.74, 6) is 0. The summed E-state index contributed by atoms with van der Waals surface area (Å²) in [6.07, 6.45) is -4.67. The first-order chi connectivity index (χ1) is 9.34. The Balaban J connectivity index is 2.44. The monoisotopic (exact) mass is 324 g/mol. The second-order valence-electron chi connectivity index (χ2n) is 4.02. The highest BCUT2D eigenvalue weighted by molar-refractivity contribution is 6.31. The van der Waals surface area contributed by atoms with E-state index in [9.17, 15) is 13.2 Å². The van der Waals surface area contributed by atoms with Crippen LogP contribution in [-0.4, -0.2) is 14.9 Å². The number of rotatable bonds is 3. The lowest BCUT2D eigenvalue weighted by Gasteiger charge is -2.05. The summed E-state index contributed by atoms with van der Waals surface area (Å²) in [5.41, 5.74) is -1.04. The molecule has 1 aromatic carbocycles. The molecule has 0 amide bonds. The van der Waals surface area contributed by atoms with Crippen LogP contribution >= 0.6 is 23.2 Å². The van der Waals surface area contributed by atoms with Gasteiger partial charge in [-0.1, -0.05) is 41.4 Å². The molecule has 20 heavy (non-hydrogen) atoms. The van der Waals surface area contributed by atoms with Crippen molar-refractivity contribution in [1.29, 1.82) is 0 Å². The lowest BCUT2D eigenvalue weighted by atomic mass is 10.2. The van der Waals surface area contributed by atoms with Gasteiger partial charge in [0.15, 0.2) is 5.69 Å². The molecule has 0 spiro atoms. The molecular formula is C12H9Cl2F3N2O. The van der Waals surface area contributed by atoms with E-state index < -0.39 is 24.0 Å². The van der Waals surface area contributed by atoms with E-state index in [1.54, 1.807) is 24.3 Å². The van der Waals surface area contributed by atoms with Gasteiger partial charge in [-0.15, -0.1) is 0 Å². The zero-order valence-electron chi connectivity index (χ0n) is 9.96. The fourth-order valence-corrected chi connectivity index (χ4v) is 2.18. The number of aliphatic hydroxyl groups excluding tert-OH is 1. The molecule has 0 aliphatic heterocycles. The second kappa shape index (κ2) is 5.63. The van der Waals surface area contributed by atoms with Crippen LogP contribution in [0.2, 0.25) is 10.2 Å². The minimum Gasteiger partial charge on any atom is -0.391 e. The smallest absolute Gasteiger partial charge is 0.391 e. The van der Waals surface area contributed by atoms with Gasteiger partial charge in [-0.25, -0.2) is 4.68 Å². The maximum Gasteiger partial charge on any atom is 0.435 e. The molecule has 8 heteroatoms. The van der Waals surface area contributed by atoms with Crippen molar-refractivity contribution < 1.29 is 18.3 Å². The van der Waals surface area contributed by atoms with Crippen molar-refractivity contribution in [2.24, 2.45) is 0 Å². The van der Waals surface area contributed by atoms with Crippen LogP contribution in [0.4, 0.5) is 13.2 Å². The molecule has 3 nitrogen and oxygen atoms in total. The van der Waals surface area contributed by atoms with Crippen LogP contribution in [0.3, 0.4) is 0 Å². The van der Waals surface area contributed by atoms with Gasteiger partial charge in [0.2, 0.25) is 0 Å². The predicted octanol–water partition coefficient (Wildman–Crippen LogP) is 3.75. The van der Waals surface area contributed by atoms with E-state index in [2.05, 4.69) is 5.10 Å². The minimum atomic E-state index is -4.67. The van der Waals surface area contributed by atoms with Crippen molar-refractivity contribution in [3.8, 4) is 0 Å². The molecule has 1 heterocycles. The molecule has 108 valence electrons. The third kappa shape index (κ3) is 2.92. The summed E-state index contributed by atoms with van der Waals surface area (Å²) in [5, 5.41) is 12.6. The van der Waals surface area contributed by atoms with E-state index in [0.29, 0.717) is 10.6 Å². The predicted molar refractivity (Wildman–Crippen MR) is 68.7 cm³/mol. The van der Waals surface area contributed by atoms with Gasteiger partial charge in [-0.05, 0) is 11.6 Å². The third-order valence-corrected chi connectivity index (χ3v) is 3.48. The highest BCUT2D eigenvalue weighted by Crippen LogP contribution is 2.34. The topological polar surface area (TPSA) is 38.1 Å². The van der Waals surface area contributed by atoms with Crippen LogP contribution in [0.5, 0.6) is 0 Å². The number of benzene rings is 1. The van der Waals surface area contributed by atoms with Gasteiger partial charge in [-0.2, -0.15) is 18.3 Å². The molecule has 0 atom stereocenters. The Morgan fingerprint density at radius 3 is 2.35 bits per heavy atom.